The molecule has 14 unspecified atom stereocenters. The fourth-order valence-electron chi connectivity index (χ4n) is 10.4. The molecule has 4 aliphatic carbocycles. The second kappa shape index (κ2) is 13.2. The maximum absolute atomic E-state index is 12.8. The summed E-state index contributed by atoms with van der Waals surface area (Å²) in [5.74, 6) is 1.50. The Morgan fingerprint density at radius 3 is 2.57 bits per heavy atom. The molecule has 0 bridgehead atoms. The number of carbonyl (C=O) groups is 1. The van der Waals surface area contributed by atoms with Crippen molar-refractivity contribution in [1.82, 2.24) is 0 Å². The molecule has 0 aromatic rings. The van der Waals surface area contributed by atoms with Gasteiger partial charge in [0.25, 0.3) is 5.78 Å². The molecule has 2 heterocycles. The van der Waals surface area contributed by atoms with Crippen LogP contribution in [0.5, 0.6) is 0 Å². The number of ether oxygens (including phenoxy) is 7. The number of carbonyl (C=O) groups excluding carboxylic acids is 1. The van der Waals surface area contributed by atoms with E-state index in [1.165, 1.54) is 12.7 Å². The Bertz CT molecular complexity index is 1190. The molecule has 0 aromatic heterocycles. The molecule has 260 valence electrons. The SMILES string of the molecule is COCOC1CC(OC(C)C2(O)CCC3C4CC=C5CC(OC6OC(C)C=C(OC)C6=O)CCC5(C)C4CCC32C)OC(C)C1O. The molecule has 2 aliphatic heterocycles. The highest BCUT2D eigenvalue weighted by atomic mass is 16.7. The zero-order chi connectivity index (χ0) is 33.0. The quantitative estimate of drug-likeness (QED) is 0.266. The number of fused-ring (bicyclic) bond motifs is 5. The second-order valence-corrected chi connectivity index (χ2v) is 15.3. The number of allylic oxidation sites excluding steroid dienone is 1. The van der Waals surface area contributed by atoms with E-state index in [2.05, 4.69) is 19.9 Å². The Kier molecular flexibility index (Phi) is 9.87. The summed E-state index contributed by atoms with van der Waals surface area (Å²) in [6, 6.07) is 0. The number of Topliss-reactive ketones (excluding diaryl/α,β-unsaturated/α-hetero) is 1. The minimum atomic E-state index is -0.982. The predicted octanol–water partition coefficient (Wildman–Crippen LogP) is 4.80. The molecule has 6 aliphatic rings. The number of hydrogen-bond donors (Lipinski definition) is 2. The van der Waals surface area contributed by atoms with Crippen LogP contribution in [0, 0.1) is 28.6 Å². The average molecular weight is 649 g/mol. The summed E-state index contributed by atoms with van der Waals surface area (Å²) in [6.45, 7) is 10.5. The lowest BCUT2D eigenvalue weighted by Gasteiger charge is -2.59. The Morgan fingerprint density at radius 1 is 1.07 bits per heavy atom. The summed E-state index contributed by atoms with van der Waals surface area (Å²) >= 11 is 0. The van der Waals surface area contributed by atoms with E-state index >= 15 is 0 Å². The van der Waals surface area contributed by atoms with E-state index < -0.39 is 42.6 Å². The maximum Gasteiger partial charge on any atom is 0.252 e. The van der Waals surface area contributed by atoms with Crippen LogP contribution in [-0.2, 0) is 38.0 Å². The maximum atomic E-state index is 12.8. The lowest BCUT2D eigenvalue weighted by molar-refractivity contribution is -0.296. The van der Waals surface area contributed by atoms with Crippen LogP contribution in [0.1, 0.15) is 92.4 Å². The van der Waals surface area contributed by atoms with Crippen LogP contribution in [0.4, 0.5) is 0 Å². The van der Waals surface area contributed by atoms with Crippen molar-refractivity contribution in [3.05, 3.63) is 23.5 Å². The van der Waals surface area contributed by atoms with Crippen LogP contribution >= 0.6 is 0 Å². The third-order valence-corrected chi connectivity index (χ3v) is 13.1. The fraction of sp³-hybridized carbons (Fsp3) is 0.861. The number of ketones is 1. The summed E-state index contributed by atoms with van der Waals surface area (Å²) in [7, 11) is 3.07. The molecule has 2 N–H and O–H groups in total. The van der Waals surface area contributed by atoms with E-state index in [-0.39, 0.29) is 35.6 Å². The van der Waals surface area contributed by atoms with Crippen LogP contribution in [0.15, 0.2) is 23.5 Å². The topological polar surface area (TPSA) is 122 Å². The van der Waals surface area contributed by atoms with Crippen molar-refractivity contribution in [3.8, 4) is 0 Å². The Balaban J connectivity index is 1.12. The number of methoxy groups -OCH3 is 2. The van der Waals surface area contributed by atoms with Crippen LogP contribution in [0.3, 0.4) is 0 Å². The van der Waals surface area contributed by atoms with Gasteiger partial charge < -0.3 is 43.4 Å². The number of aliphatic hydroxyl groups excluding tert-OH is 1. The number of aliphatic hydroxyl groups is 2. The van der Waals surface area contributed by atoms with Crippen LogP contribution in [0.2, 0.25) is 0 Å². The van der Waals surface area contributed by atoms with Crippen LogP contribution in [0.25, 0.3) is 0 Å². The molecule has 10 nitrogen and oxygen atoms in total. The van der Waals surface area contributed by atoms with Gasteiger partial charge in [0, 0.05) is 18.9 Å². The van der Waals surface area contributed by atoms with Crippen molar-refractivity contribution < 1.29 is 48.2 Å². The summed E-state index contributed by atoms with van der Waals surface area (Å²) in [5, 5.41) is 23.0. The van der Waals surface area contributed by atoms with Gasteiger partial charge in [0.05, 0.1) is 43.2 Å². The fourth-order valence-corrected chi connectivity index (χ4v) is 10.4. The van der Waals surface area contributed by atoms with Gasteiger partial charge in [0.2, 0.25) is 6.29 Å². The van der Waals surface area contributed by atoms with Crippen molar-refractivity contribution >= 4 is 5.78 Å². The molecule has 0 radical (unpaired) electrons. The highest BCUT2D eigenvalue weighted by Crippen LogP contribution is 2.68. The van der Waals surface area contributed by atoms with Gasteiger partial charge in [-0.3, -0.25) is 4.79 Å². The van der Waals surface area contributed by atoms with Gasteiger partial charge in [-0.25, -0.2) is 0 Å². The van der Waals surface area contributed by atoms with Crippen LogP contribution < -0.4 is 0 Å². The van der Waals surface area contributed by atoms with E-state index in [1.807, 2.05) is 20.8 Å². The molecule has 0 amide bonds. The molecule has 14 atom stereocenters. The molecule has 0 aromatic carbocycles. The summed E-state index contributed by atoms with van der Waals surface area (Å²) < 4.78 is 40.7. The van der Waals surface area contributed by atoms with Crippen molar-refractivity contribution in [3.63, 3.8) is 0 Å². The lowest BCUT2D eigenvalue weighted by atomic mass is 9.46. The first-order valence-corrected chi connectivity index (χ1v) is 17.5. The second-order valence-electron chi connectivity index (χ2n) is 15.3. The van der Waals surface area contributed by atoms with Gasteiger partial charge >= 0.3 is 0 Å². The van der Waals surface area contributed by atoms with E-state index in [1.54, 1.807) is 13.2 Å². The molecule has 0 spiro atoms. The lowest BCUT2D eigenvalue weighted by Crippen LogP contribution is -2.59. The van der Waals surface area contributed by atoms with Crippen molar-refractivity contribution in [2.24, 2.45) is 28.6 Å². The molecular weight excluding hydrogens is 592 g/mol. The van der Waals surface area contributed by atoms with Gasteiger partial charge in [-0.15, -0.1) is 0 Å². The monoisotopic (exact) mass is 648 g/mol. The minimum absolute atomic E-state index is 0.0676. The summed E-state index contributed by atoms with van der Waals surface area (Å²) in [6.07, 6.45) is 7.98. The number of hydrogen-bond acceptors (Lipinski definition) is 10. The molecule has 6 rings (SSSR count). The van der Waals surface area contributed by atoms with E-state index in [4.69, 9.17) is 33.2 Å². The molecular formula is C36H56O10. The smallest absolute Gasteiger partial charge is 0.252 e. The molecule has 4 fully saturated rings. The highest BCUT2D eigenvalue weighted by Gasteiger charge is 2.65. The van der Waals surface area contributed by atoms with Gasteiger partial charge in [-0.05, 0) is 101 Å². The Morgan fingerprint density at radius 2 is 1.83 bits per heavy atom. The molecule has 46 heavy (non-hydrogen) atoms. The van der Waals surface area contributed by atoms with E-state index in [9.17, 15) is 15.0 Å². The normalized spacial score (nSPS) is 48.1. The zero-order valence-electron chi connectivity index (χ0n) is 28.7. The summed E-state index contributed by atoms with van der Waals surface area (Å²) in [5.41, 5.74) is 0.278. The average Bonchev–Trinajstić information content (AvgIpc) is 3.31. The minimum Gasteiger partial charge on any atom is -0.493 e. The number of rotatable bonds is 9. The first-order chi connectivity index (χ1) is 21.8. The molecule has 10 heteroatoms. The third kappa shape index (κ3) is 5.82. The van der Waals surface area contributed by atoms with Crippen molar-refractivity contribution in [2.75, 3.05) is 21.0 Å². The first kappa shape index (κ1) is 34.5. The van der Waals surface area contributed by atoms with Gasteiger partial charge in [0.15, 0.2) is 12.0 Å². The third-order valence-electron chi connectivity index (χ3n) is 13.1. The summed E-state index contributed by atoms with van der Waals surface area (Å²) in [4.78, 5) is 12.8. The highest BCUT2D eigenvalue weighted by molar-refractivity contribution is 5.96. The Hall–Kier alpha value is -1.37. The van der Waals surface area contributed by atoms with E-state index in [0.717, 1.165) is 44.9 Å². The van der Waals surface area contributed by atoms with Gasteiger partial charge in [-0.1, -0.05) is 25.5 Å². The predicted molar refractivity (Wildman–Crippen MR) is 168 cm³/mol. The zero-order valence-corrected chi connectivity index (χ0v) is 28.7. The van der Waals surface area contributed by atoms with E-state index in [0.29, 0.717) is 36.4 Å². The molecule has 1 saturated heterocycles. The van der Waals surface area contributed by atoms with Gasteiger partial charge in [0.1, 0.15) is 12.9 Å². The van der Waals surface area contributed by atoms with Crippen molar-refractivity contribution in [2.45, 2.75) is 147 Å². The first-order valence-electron chi connectivity index (χ1n) is 17.5. The largest absolute Gasteiger partial charge is 0.493 e. The standard InChI is InChI=1S/C36H56O10/c1-20-16-28(41-7)32(38)33(43-20)46-24-10-13-34(4)23(17-24)8-9-25-26(34)11-14-35(5)27(25)12-15-36(35,39)22(3)45-30-18-29(42-19-40-6)31(37)21(2)44-30/h8,16,20-22,24-27,29-31,33,37,39H,9-15,17-19H2,1-7H3. The molecule has 3 saturated carbocycles. The van der Waals surface area contributed by atoms with Gasteiger partial charge in [-0.2, -0.15) is 0 Å². The van der Waals surface area contributed by atoms with Crippen LogP contribution in [-0.4, -0.2) is 91.8 Å². The van der Waals surface area contributed by atoms with Crippen molar-refractivity contribution in [1.29, 1.82) is 0 Å². The Labute approximate surface area is 274 Å².